The van der Waals surface area contributed by atoms with Gasteiger partial charge in [0.15, 0.2) is 0 Å². The van der Waals surface area contributed by atoms with Gasteiger partial charge in [-0.15, -0.1) is 32.9 Å². The first-order chi connectivity index (χ1) is 15.7. The fraction of sp³-hybridized carbons (Fsp3) is 0.143. The quantitative estimate of drug-likeness (QED) is 0.273. The van der Waals surface area contributed by atoms with Gasteiger partial charge in [-0.05, 0) is 48.7 Å². The number of aromatic nitrogens is 3. The van der Waals surface area contributed by atoms with Crippen molar-refractivity contribution in [2.45, 2.75) is 18.1 Å². The van der Waals surface area contributed by atoms with Crippen LogP contribution >= 0.6 is 46.0 Å². The number of benzene rings is 1. The van der Waals surface area contributed by atoms with Gasteiger partial charge >= 0.3 is 6.18 Å². The topological polar surface area (TPSA) is 67.8 Å². The van der Waals surface area contributed by atoms with E-state index in [2.05, 4.69) is 20.5 Å². The van der Waals surface area contributed by atoms with Crippen molar-refractivity contribution in [1.82, 2.24) is 15.2 Å². The van der Waals surface area contributed by atoms with E-state index in [4.69, 9.17) is 11.6 Å². The third kappa shape index (κ3) is 5.72. The Bertz CT molecular complexity index is 1280. The minimum absolute atomic E-state index is 0.0207. The zero-order valence-electron chi connectivity index (χ0n) is 16.8. The van der Waals surface area contributed by atoms with Gasteiger partial charge in [0.2, 0.25) is 5.91 Å². The Hall–Kier alpha value is -2.47. The molecule has 12 heteroatoms. The highest BCUT2D eigenvalue weighted by atomic mass is 35.5. The Morgan fingerprint density at radius 1 is 1.18 bits per heavy atom. The largest absolute Gasteiger partial charge is 0.416 e. The lowest BCUT2D eigenvalue weighted by molar-refractivity contribution is -0.137. The lowest BCUT2D eigenvalue weighted by Gasteiger charge is -2.11. The maximum absolute atomic E-state index is 12.9. The number of thiophene rings is 1. The average Bonchev–Trinajstić information content (AvgIpc) is 3.43. The molecule has 0 saturated carbocycles. The number of amides is 1. The first-order valence-corrected chi connectivity index (χ1v) is 12.4. The normalized spacial score (nSPS) is 11.5. The highest BCUT2D eigenvalue weighted by Gasteiger charge is 2.31. The third-order valence-corrected chi connectivity index (χ3v) is 7.79. The van der Waals surface area contributed by atoms with Crippen LogP contribution in [0.2, 0.25) is 5.02 Å². The number of carbonyl (C=O) groups is 1. The summed E-state index contributed by atoms with van der Waals surface area (Å²) in [4.78, 5) is 18.8. The van der Waals surface area contributed by atoms with Crippen LogP contribution in [-0.4, -0.2) is 26.8 Å². The molecule has 0 saturated heterocycles. The van der Waals surface area contributed by atoms with Crippen molar-refractivity contribution in [3.05, 3.63) is 64.1 Å². The molecule has 0 atom stereocenters. The molecule has 4 aromatic rings. The average molecular weight is 527 g/mol. The second-order valence-corrected chi connectivity index (χ2v) is 10.0. The van der Waals surface area contributed by atoms with Crippen LogP contribution in [0.4, 0.5) is 18.9 Å². The van der Waals surface area contributed by atoms with E-state index in [0.717, 1.165) is 50.4 Å². The van der Waals surface area contributed by atoms with Gasteiger partial charge in [-0.3, -0.25) is 4.79 Å². The van der Waals surface area contributed by atoms with Crippen molar-refractivity contribution < 1.29 is 18.0 Å². The van der Waals surface area contributed by atoms with E-state index in [9.17, 15) is 18.0 Å². The summed E-state index contributed by atoms with van der Waals surface area (Å²) in [6.07, 6.45) is -4.53. The van der Waals surface area contributed by atoms with Crippen LogP contribution in [0.15, 0.2) is 52.9 Å². The van der Waals surface area contributed by atoms with E-state index in [-0.39, 0.29) is 16.5 Å². The fourth-order valence-electron chi connectivity index (χ4n) is 2.78. The molecular formula is C21H14ClF3N4OS3. The Labute approximate surface area is 204 Å². The number of hydrogen-bond donors (Lipinski definition) is 1. The van der Waals surface area contributed by atoms with Crippen molar-refractivity contribution in [2.24, 2.45) is 0 Å². The number of carbonyl (C=O) groups excluding carboxylic acids is 1. The molecule has 0 bridgehead atoms. The molecule has 0 aliphatic heterocycles. The minimum Gasteiger partial charge on any atom is -0.324 e. The summed E-state index contributed by atoms with van der Waals surface area (Å²) in [6.45, 7) is 1.91. The summed E-state index contributed by atoms with van der Waals surface area (Å²) in [7, 11) is 0. The van der Waals surface area contributed by atoms with Crippen LogP contribution in [0.3, 0.4) is 0 Å². The molecule has 0 unspecified atom stereocenters. The van der Waals surface area contributed by atoms with Crippen LogP contribution in [-0.2, 0) is 11.0 Å². The summed E-state index contributed by atoms with van der Waals surface area (Å²) in [5, 5.41) is 14.2. The number of anilines is 1. The molecule has 4 rings (SSSR count). The lowest BCUT2D eigenvalue weighted by Crippen LogP contribution is -2.15. The third-order valence-electron chi connectivity index (χ3n) is 4.32. The molecule has 33 heavy (non-hydrogen) atoms. The molecule has 1 amide bonds. The van der Waals surface area contributed by atoms with E-state index in [1.54, 1.807) is 23.5 Å². The molecule has 0 aliphatic rings. The lowest BCUT2D eigenvalue weighted by atomic mass is 10.2. The second kappa shape index (κ2) is 9.80. The number of aryl methyl sites for hydroxylation is 1. The van der Waals surface area contributed by atoms with E-state index in [0.29, 0.717) is 10.7 Å². The Balaban J connectivity index is 1.39. The van der Waals surface area contributed by atoms with Gasteiger partial charge in [-0.25, -0.2) is 4.98 Å². The fourth-order valence-corrected chi connectivity index (χ4v) is 5.39. The number of rotatable bonds is 6. The van der Waals surface area contributed by atoms with Gasteiger partial charge in [0.1, 0.15) is 15.7 Å². The molecule has 0 fully saturated rings. The molecule has 1 N–H and O–H groups in total. The smallest absolute Gasteiger partial charge is 0.324 e. The molecule has 3 aromatic heterocycles. The van der Waals surface area contributed by atoms with Crippen molar-refractivity contribution >= 4 is 57.6 Å². The predicted molar refractivity (Wildman–Crippen MR) is 127 cm³/mol. The molecule has 1 aromatic carbocycles. The number of halogens is 4. The number of thiazole rings is 1. The summed E-state index contributed by atoms with van der Waals surface area (Å²) in [6, 6.07) is 10.3. The van der Waals surface area contributed by atoms with Crippen LogP contribution in [0.5, 0.6) is 0 Å². The van der Waals surface area contributed by atoms with Crippen LogP contribution < -0.4 is 5.32 Å². The van der Waals surface area contributed by atoms with Gasteiger partial charge in [-0.1, -0.05) is 29.4 Å². The van der Waals surface area contributed by atoms with Crippen molar-refractivity contribution in [3.8, 4) is 20.5 Å². The molecule has 170 valence electrons. The summed E-state index contributed by atoms with van der Waals surface area (Å²) in [5.74, 6) is -0.575. The van der Waals surface area contributed by atoms with Crippen molar-refractivity contribution in [1.29, 1.82) is 0 Å². The molecule has 3 heterocycles. The summed E-state index contributed by atoms with van der Waals surface area (Å²) < 4.78 is 38.6. The van der Waals surface area contributed by atoms with Gasteiger partial charge in [0.25, 0.3) is 0 Å². The zero-order valence-corrected chi connectivity index (χ0v) is 20.0. The van der Waals surface area contributed by atoms with E-state index in [1.807, 2.05) is 24.4 Å². The Morgan fingerprint density at radius 3 is 2.67 bits per heavy atom. The number of thioether (sulfide) groups is 1. The predicted octanol–water partition coefficient (Wildman–Crippen LogP) is 7.04. The highest BCUT2D eigenvalue weighted by Crippen LogP contribution is 2.36. The minimum atomic E-state index is -4.53. The van der Waals surface area contributed by atoms with Crippen molar-refractivity contribution in [3.63, 3.8) is 0 Å². The molecule has 0 aliphatic carbocycles. The monoisotopic (exact) mass is 526 g/mol. The zero-order chi connectivity index (χ0) is 23.6. The van der Waals surface area contributed by atoms with E-state index >= 15 is 0 Å². The Kier molecular flexibility index (Phi) is 7.03. The van der Waals surface area contributed by atoms with Crippen LogP contribution in [0.1, 0.15) is 11.3 Å². The van der Waals surface area contributed by atoms with Crippen molar-refractivity contribution in [2.75, 3.05) is 11.1 Å². The Morgan fingerprint density at radius 2 is 2.00 bits per heavy atom. The summed E-state index contributed by atoms with van der Waals surface area (Å²) >= 11 is 10.2. The number of nitrogens with one attached hydrogen (secondary N) is 1. The number of hydrogen-bond acceptors (Lipinski definition) is 7. The number of nitrogens with zero attached hydrogens (tertiary/aromatic N) is 3. The molecular weight excluding hydrogens is 513 g/mol. The molecule has 0 radical (unpaired) electrons. The highest BCUT2D eigenvalue weighted by molar-refractivity contribution is 7.99. The maximum Gasteiger partial charge on any atom is 0.416 e. The van der Waals surface area contributed by atoms with E-state index in [1.165, 1.54) is 11.3 Å². The summed E-state index contributed by atoms with van der Waals surface area (Å²) in [5.41, 5.74) is 0.547. The van der Waals surface area contributed by atoms with Crippen LogP contribution in [0, 0.1) is 6.92 Å². The first kappa shape index (κ1) is 23.7. The van der Waals surface area contributed by atoms with Gasteiger partial charge in [-0.2, -0.15) is 13.2 Å². The van der Waals surface area contributed by atoms with E-state index < -0.39 is 17.6 Å². The number of alkyl halides is 3. The standard InChI is InChI=1S/C21H14ClF3N4OS3/c1-11-19(33-20(26-11)16-3-2-8-31-16)14-6-7-18(29-28-14)32-10-17(30)27-15-9-12(21(23,24)25)4-5-13(15)22/h2-9H,10H2,1H3,(H,27,30). The van der Waals surface area contributed by atoms with Gasteiger partial charge in [0.05, 0.1) is 37.5 Å². The van der Waals surface area contributed by atoms with Gasteiger partial charge in [0, 0.05) is 0 Å². The van der Waals surface area contributed by atoms with Crippen LogP contribution in [0.25, 0.3) is 20.5 Å². The van der Waals surface area contributed by atoms with Gasteiger partial charge < -0.3 is 5.32 Å². The molecule has 5 nitrogen and oxygen atoms in total. The SMILES string of the molecule is Cc1nc(-c2cccs2)sc1-c1ccc(SCC(=O)Nc2cc(C(F)(F)F)ccc2Cl)nn1. The second-order valence-electron chi connectivity index (χ2n) is 6.70. The first-order valence-electron chi connectivity index (χ1n) is 9.35. The molecule has 0 spiro atoms. The maximum atomic E-state index is 12.9.